The summed E-state index contributed by atoms with van der Waals surface area (Å²) in [7, 11) is -3.61. The first kappa shape index (κ1) is 20.4. The van der Waals surface area contributed by atoms with Gasteiger partial charge in [0, 0.05) is 23.7 Å². The predicted octanol–water partition coefficient (Wildman–Crippen LogP) is 3.86. The van der Waals surface area contributed by atoms with Gasteiger partial charge in [0.15, 0.2) is 0 Å². The van der Waals surface area contributed by atoms with Crippen LogP contribution in [0.3, 0.4) is 0 Å². The molecule has 2 aromatic carbocycles. The number of amides is 1. The Morgan fingerprint density at radius 1 is 1.12 bits per heavy atom. The highest BCUT2D eigenvalue weighted by atomic mass is 35.5. The normalized spacial score (nSPS) is 12.8. The van der Waals surface area contributed by atoms with Gasteiger partial charge in [0.25, 0.3) is 5.91 Å². The van der Waals surface area contributed by atoms with Crippen LogP contribution in [0.2, 0.25) is 5.02 Å². The SMILES string of the molecule is CCN(CC)S(=O)(=O)c1cccc(C(=O)N[C@H](C)c2cccc(Cl)c2)c1. The third-order valence-electron chi connectivity index (χ3n) is 4.14. The number of hydrogen-bond acceptors (Lipinski definition) is 3. The van der Waals surface area contributed by atoms with Crippen LogP contribution in [0, 0.1) is 0 Å². The molecule has 7 heteroatoms. The van der Waals surface area contributed by atoms with Gasteiger partial charge in [0.05, 0.1) is 10.9 Å². The molecule has 0 aliphatic heterocycles. The van der Waals surface area contributed by atoms with Crippen LogP contribution in [-0.4, -0.2) is 31.7 Å². The van der Waals surface area contributed by atoms with Gasteiger partial charge in [-0.3, -0.25) is 4.79 Å². The van der Waals surface area contributed by atoms with Crippen molar-refractivity contribution in [1.82, 2.24) is 9.62 Å². The lowest BCUT2D eigenvalue weighted by Crippen LogP contribution is -2.31. The van der Waals surface area contributed by atoms with E-state index in [2.05, 4.69) is 5.32 Å². The van der Waals surface area contributed by atoms with Crippen LogP contribution >= 0.6 is 11.6 Å². The molecule has 0 bridgehead atoms. The second-order valence-corrected chi connectivity index (χ2v) is 8.24. The predicted molar refractivity (Wildman–Crippen MR) is 104 cm³/mol. The molecule has 140 valence electrons. The van der Waals surface area contributed by atoms with Crippen molar-refractivity contribution in [3.8, 4) is 0 Å². The minimum atomic E-state index is -3.61. The maximum Gasteiger partial charge on any atom is 0.251 e. The van der Waals surface area contributed by atoms with Crippen LogP contribution in [0.5, 0.6) is 0 Å². The van der Waals surface area contributed by atoms with Gasteiger partial charge in [-0.05, 0) is 42.8 Å². The standard InChI is InChI=1S/C19H23ClN2O3S/c1-4-22(5-2)26(24,25)18-11-7-9-16(13-18)19(23)21-14(3)15-8-6-10-17(20)12-15/h6-14H,4-5H2,1-3H3,(H,21,23)/t14-/m1/s1. The van der Waals surface area contributed by atoms with Crippen LogP contribution in [0.25, 0.3) is 0 Å². The number of sulfonamides is 1. The molecule has 0 radical (unpaired) electrons. The monoisotopic (exact) mass is 394 g/mol. The molecule has 1 atom stereocenters. The van der Waals surface area contributed by atoms with Gasteiger partial charge < -0.3 is 5.32 Å². The van der Waals surface area contributed by atoms with Crippen LogP contribution in [0.15, 0.2) is 53.4 Å². The summed E-state index contributed by atoms with van der Waals surface area (Å²) in [4.78, 5) is 12.7. The van der Waals surface area contributed by atoms with Gasteiger partial charge in [-0.15, -0.1) is 0 Å². The van der Waals surface area contributed by atoms with Crippen molar-refractivity contribution >= 4 is 27.5 Å². The van der Waals surface area contributed by atoms with E-state index in [1.165, 1.54) is 16.4 Å². The molecule has 0 saturated heterocycles. The highest BCUT2D eigenvalue weighted by molar-refractivity contribution is 7.89. The molecule has 0 aromatic heterocycles. The molecule has 0 unspecified atom stereocenters. The Bertz CT molecular complexity index is 880. The maximum absolute atomic E-state index is 12.6. The van der Waals surface area contributed by atoms with Gasteiger partial charge >= 0.3 is 0 Å². The second kappa shape index (κ2) is 8.66. The van der Waals surface area contributed by atoms with E-state index in [9.17, 15) is 13.2 Å². The summed E-state index contributed by atoms with van der Waals surface area (Å²) in [5, 5.41) is 3.46. The lowest BCUT2D eigenvalue weighted by atomic mass is 10.1. The summed E-state index contributed by atoms with van der Waals surface area (Å²) in [5.74, 6) is -0.339. The number of rotatable bonds is 7. The number of carbonyl (C=O) groups is 1. The molecule has 2 rings (SSSR count). The van der Waals surface area contributed by atoms with E-state index < -0.39 is 10.0 Å². The fourth-order valence-corrected chi connectivity index (χ4v) is 4.35. The third-order valence-corrected chi connectivity index (χ3v) is 6.42. The smallest absolute Gasteiger partial charge is 0.251 e. The third kappa shape index (κ3) is 4.63. The largest absolute Gasteiger partial charge is 0.346 e. The van der Waals surface area contributed by atoms with Crippen molar-refractivity contribution in [3.05, 3.63) is 64.7 Å². The Morgan fingerprint density at radius 2 is 1.77 bits per heavy atom. The minimum Gasteiger partial charge on any atom is -0.346 e. The fourth-order valence-electron chi connectivity index (χ4n) is 2.65. The molecule has 0 aliphatic carbocycles. The molecule has 0 saturated carbocycles. The van der Waals surface area contributed by atoms with Crippen molar-refractivity contribution in [2.24, 2.45) is 0 Å². The number of hydrogen-bond donors (Lipinski definition) is 1. The molecule has 5 nitrogen and oxygen atoms in total. The van der Waals surface area contributed by atoms with Crippen molar-refractivity contribution < 1.29 is 13.2 Å². The number of nitrogens with one attached hydrogen (secondary N) is 1. The van der Waals surface area contributed by atoms with Crippen molar-refractivity contribution in [2.75, 3.05) is 13.1 Å². The minimum absolute atomic E-state index is 0.115. The summed E-state index contributed by atoms with van der Waals surface area (Å²) in [6.45, 7) is 6.16. The van der Waals surface area contributed by atoms with E-state index in [1.54, 1.807) is 38.1 Å². The van der Waals surface area contributed by atoms with Gasteiger partial charge in [0.1, 0.15) is 0 Å². The Morgan fingerprint density at radius 3 is 2.38 bits per heavy atom. The molecule has 26 heavy (non-hydrogen) atoms. The first-order chi connectivity index (χ1) is 12.3. The first-order valence-electron chi connectivity index (χ1n) is 8.46. The fraction of sp³-hybridized carbons (Fsp3) is 0.316. The average molecular weight is 395 g/mol. The van der Waals surface area contributed by atoms with Crippen LogP contribution in [0.4, 0.5) is 0 Å². The van der Waals surface area contributed by atoms with Crippen LogP contribution < -0.4 is 5.32 Å². The molecule has 1 amide bonds. The summed E-state index contributed by atoms with van der Waals surface area (Å²) in [5.41, 5.74) is 1.17. The quantitative estimate of drug-likeness (QED) is 0.775. The van der Waals surface area contributed by atoms with Crippen LogP contribution in [0.1, 0.15) is 42.7 Å². The highest BCUT2D eigenvalue weighted by Crippen LogP contribution is 2.20. The molecule has 1 N–H and O–H groups in total. The molecule has 0 aliphatic rings. The lowest BCUT2D eigenvalue weighted by molar-refractivity contribution is 0.0939. The summed E-state index contributed by atoms with van der Waals surface area (Å²) >= 11 is 5.99. The highest BCUT2D eigenvalue weighted by Gasteiger charge is 2.22. The van der Waals surface area contributed by atoms with E-state index in [-0.39, 0.29) is 16.8 Å². The summed E-state index contributed by atoms with van der Waals surface area (Å²) < 4.78 is 26.6. The topological polar surface area (TPSA) is 66.5 Å². The zero-order chi connectivity index (χ0) is 19.3. The Balaban J connectivity index is 2.23. The van der Waals surface area contributed by atoms with Crippen LogP contribution in [-0.2, 0) is 10.0 Å². The zero-order valence-electron chi connectivity index (χ0n) is 15.1. The van der Waals surface area contributed by atoms with Crippen molar-refractivity contribution in [3.63, 3.8) is 0 Å². The van der Waals surface area contributed by atoms with Gasteiger partial charge in [-0.25, -0.2) is 8.42 Å². The van der Waals surface area contributed by atoms with E-state index in [0.29, 0.717) is 23.7 Å². The van der Waals surface area contributed by atoms with Crippen molar-refractivity contribution in [1.29, 1.82) is 0 Å². The second-order valence-electron chi connectivity index (χ2n) is 5.87. The summed E-state index contributed by atoms with van der Waals surface area (Å²) in [6.07, 6.45) is 0. The molecule has 0 spiro atoms. The number of benzene rings is 2. The average Bonchev–Trinajstić information content (AvgIpc) is 2.62. The Kier molecular flexibility index (Phi) is 6.81. The molecular formula is C19H23ClN2O3S. The number of nitrogens with zero attached hydrogens (tertiary/aromatic N) is 1. The van der Waals surface area contributed by atoms with E-state index >= 15 is 0 Å². The van der Waals surface area contributed by atoms with E-state index in [0.717, 1.165) is 5.56 Å². The molecular weight excluding hydrogens is 372 g/mol. The van der Waals surface area contributed by atoms with Gasteiger partial charge in [-0.1, -0.05) is 43.6 Å². The van der Waals surface area contributed by atoms with Crippen molar-refractivity contribution in [2.45, 2.75) is 31.7 Å². The Labute approximate surface area is 160 Å². The molecule has 2 aromatic rings. The maximum atomic E-state index is 12.6. The van der Waals surface area contributed by atoms with Gasteiger partial charge in [0.2, 0.25) is 10.0 Å². The Hall–Kier alpha value is -1.89. The molecule has 0 fully saturated rings. The van der Waals surface area contributed by atoms with E-state index in [1.807, 2.05) is 19.1 Å². The zero-order valence-corrected chi connectivity index (χ0v) is 16.6. The lowest BCUT2D eigenvalue weighted by Gasteiger charge is -2.19. The van der Waals surface area contributed by atoms with E-state index in [4.69, 9.17) is 11.6 Å². The first-order valence-corrected chi connectivity index (χ1v) is 10.3. The van der Waals surface area contributed by atoms with Gasteiger partial charge in [-0.2, -0.15) is 4.31 Å². The summed E-state index contributed by atoms with van der Waals surface area (Å²) in [6, 6.07) is 13.1. The number of halogens is 1. The number of carbonyl (C=O) groups excluding carboxylic acids is 1. The molecule has 0 heterocycles.